The number of hydrogen-bond acceptors (Lipinski definition) is 4. The van der Waals surface area contributed by atoms with Crippen LogP contribution in [0.4, 0.5) is 5.69 Å². The molecule has 1 N–H and O–H groups in total. The number of benzene rings is 3. The largest absolute Gasteiger partial charge is 0.352 e. The van der Waals surface area contributed by atoms with E-state index < -0.39 is 34.4 Å². The summed E-state index contributed by atoms with van der Waals surface area (Å²) in [6.07, 6.45) is 1.11. The lowest BCUT2D eigenvalue weighted by Gasteiger charge is -2.34. The molecule has 0 unspecified atom stereocenters. The van der Waals surface area contributed by atoms with E-state index in [0.29, 0.717) is 10.6 Å². The monoisotopic (exact) mass is 677 g/mol. The maximum Gasteiger partial charge on any atom is 0.244 e. The Balaban J connectivity index is 2.11. The Kier molecular flexibility index (Phi) is 11.6. The lowest BCUT2D eigenvalue weighted by atomic mass is 10.0. The van der Waals surface area contributed by atoms with Crippen LogP contribution in [-0.2, 0) is 32.6 Å². The highest BCUT2D eigenvalue weighted by atomic mass is 35.5. The Morgan fingerprint density at radius 2 is 1.41 bits per heavy atom. The van der Waals surface area contributed by atoms with Gasteiger partial charge in [0.05, 0.1) is 37.1 Å². The van der Waals surface area contributed by atoms with Gasteiger partial charge in [-0.2, -0.15) is 0 Å². The van der Waals surface area contributed by atoms with Crippen molar-refractivity contribution in [2.75, 3.05) is 17.1 Å². The van der Waals surface area contributed by atoms with Crippen molar-refractivity contribution in [2.45, 2.75) is 38.9 Å². The average molecular weight is 680 g/mol. The van der Waals surface area contributed by atoms with Gasteiger partial charge >= 0.3 is 0 Å². The second-order valence-corrected chi connectivity index (χ2v) is 13.6. The zero-order valence-corrected chi connectivity index (χ0v) is 27.0. The number of hydrogen-bond donors (Lipinski definition) is 1. The number of rotatable bonds is 11. The van der Waals surface area contributed by atoms with Crippen LogP contribution in [0.5, 0.6) is 0 Å². The predicted octanol–water partition coefficient (Wildman–Crippen LogP) is 6.88. The first-order chi connectivity index (χ1) is 19.2. The van der Waals surface area contributed by atoms with E-state index in [2.05, 4.69) is 5.32 Å². The van der Waals surface area contributed by atoms with Crippen molar-refractivity contribution in [1.82, 2.24) is 10.2 Å². The summed E-state index contributed by atoms with van der Waals surface area (Å²) < 4.78 is 26.7. The molecular formula is C28H28Cl5N3O4S. The third-order valence-corrected chi connectivity index (χ3v) is 8.87. The van der Waals surface area contributed by atoms with Gasteiger partial charge < -0.3 is 10.2 Å². The Hall–Kier alpha value is -2.20. The maximum absolute atomic E-state index is 14.1. The summed E-state index contributed by atoms with van der Waals surface area (Å²) >= 11 is 30.9. The highest BCUT2D eigenvalue weighted by Gasteiger charge is 2.34. The van der Waals surface area contributed by atoms with Crippen LogP contribution < -0.4 is 9.62 Å². The van der Waals surface area contributed by atoms with Crippen molar-refractivity contribution in [3.05, 3.63) is 96.9 Å². The molecule has 3 aromatic rings. The lowest BCUT2D eigenvalue weighted by molar-refractivity contribution is -0.140. The summed E-state index contributed by atoms with van der Waals surface area (Å²) in [5.41, 5.74) is 1.36. The molecule has 0 heterocycles. The normalized spacial score (nSPS) is 12.2. The summed E-state index contributed by atoms with van der Waals surface area (Å²) in [5, 5.41) is 3.62. The van der Waals surface area contributed by atoms with Crippen LogP contribution in [-0.4, -0.2) is 50.0 Å². The molecule has 2 amide bonds. The van der Waals surface area contributed by atoms with Gasteiger partial charge in [0.15, 0.2) is 0 Å². The van der Waals surface area contributed by atoms with Crippen molar-refractivity contribution in [3.8, 4) is 0 Å². The molecule has 0 bridgehead atoms. The van der Waals surface area contributed by atoms with Gasteiger partial charge in [0.2, 0.25) is 21.8 Å². The van der Waals surface area contributed by atoms with Crippen molar-refractivity contribution in [1.29, 1.82) is 0 Å². The number of carbonyl (C=O) groups excluding carboxylic acids is 2. The minimum absolute atomic E-state index is 0.0213. The Morgan fingerprint density at radius 1 is 0.805 bits per heavy atom. The van der Waals surface area contributed by atoms with Crippen molar-refractivity contribution >= 4 is 85.5 Å². The van der Waals surface area contributed by atoms with E-state index in [4.69, 9.17) is 58.0 Å². The van der Waals surface area contributed by atoms with Crippen molar-refractivity contribution in [2.24, 2.45) is 0 Å². The highest BCUT2D eigenvalue weighted by molar-refractivity contribution is 7.92. The fourth-order valence-corrected chi connectivity index (χ4v) is 5.93. The maximum atomic E-state index is 14.1. The number of carbonyl (C=O) groups is 2. The quantitative estimate of drug-likeness (QED) is 0.224. The fourth-order valence-electron chi connectivity index (χ4n) is 4.07. The number of amides is 2. The first kappa shape index (κ1) is 33.3. The Bertz CT molecular complexity index is 1520. The van der Waals surface area contributed by atoms with Gasteiger partial charge in [0.25, 0.3) is 0 Å². The van der Waals surface area contributed by atoms with E-state index >= 15 is 0 Å². The molecule has 13 heteroatoms. The van der Waals surface area contributed by atoms with Crippen molar-refractivity contribution < 1.29 is 18.0 Å². The van der Waals surface area contributed by atoms with Crippen LogP contribution >= 0.6 is 58.0 Å². The van der Waals surface area contributed by atoms with Crippen LogP contribution in [0.15, 0.2) is 60.7 Å². The molecule has 0 aromatic heterocycles. The molecule has 3 rings (SSSR count). The standard InChI is InChI=1S/C28H28Cl5N3O4S/c1-17(2)34-28(38)26(12-18-7-5-4-6-8-18)35(15-19-9-10-20(29)21(30)11-19)27(37)16-36(41(3,39)40)25-14-23(32)22(31)13-24(25)33/h4-11,13-14,17,26H,12,15-16H2,1-3H3,(H,34,38)/t26-/m1/s1. The molecule has 0 aliphatic carbocycles. The minimum atomic E-state index is -4.05. The molecular weight excluding hydrogens is 652 g/mol. The van der Waals surface area contributed by atoms with Crippen LogP contribution in [0.25, 0.3) is 0 Å². The first-order valence-corrected chi connectivity index (χ1v) is 16.1. The van der Waals surface area contributed by atoms with Crippen LogP contribution in [0.1, 0.15) is 25.0 Å². The first-order valence-electron chi connectivity index (χ1n) is 12.4. The van der Waals surface area contributed by atoms with Gasteiger partial charge in [0, 0.05) is 19.0 Å². The van der Waals surface area contributed by atoms with E-state index in [0.717, 1.165) is 16.1 Å². The molecule has 0 saturated heterocycles. The zero-order valence-electron chi connectivity index (χ0n) is 22.4. The summed E-state index contributed by atoms with van der Waals surface area (Å²) in [6.45, 7) is 2.88. The predicted molar refractivity (Wildman–Crippen MR) is 168 cm³/mol. The highest BCUT2D eigenvalue weighted by Crippen LogP contribution is 2.36. The summed E-state index contributed by atoms with van der Waals surface area (Å²) in [5.74, 6) is -1.07. The topological polar surface area (TPSA) is 86.8 Å². The second-order valence-electron chi connectivity index (χ2n) is 9.63. The molecule has 0 saturated carbocycles. The fraction of sp³-hybridized carbons (Fsp3) is 0.286. The van der Waals surface area contributed by atoms with E-state index in [1.54, 1.807) is 32.0 Å². The second kappa shape index (κ2) is 14.3. The van der Waals surface area contributed by atoms with E-state index in [1.807, 2.05) is 30.3 Å². The molecule has 0 aliphatic rings. The molecule has 0 spiro atoms. The molecule has 0 radical (unpaired) electrons. The minimum Gasteiger partial charge on any atom is -0.352 e. The number of halogens is 5. The number of nitrogens with zero attached hydrogens (tertiary/aromatic N) is 2. The summed E-state index contributed by atoms with van der Waals surface area (Å²) in [7, 11) is -4.05. The number of sulfonamides is 1. The molecule has 220 valence electrons. The summed E-state index contributed by atoms with van der Waals surface area (Å²) in [4.78, 5) is 29.0. The van der Waals surface area contributed by atoms with Crippen molar-refractivity contribution in [3.63, 3.8) is 0 Å². The lowest BCUT2D eigenvalue weighted by Crippen LogP contribution is -2.54. The van der Waals surface area contributed by atoms with Gasteiger partial charge in [0.1, 0.15) is 12.6 Å². The number of anilines is 1. The van der Waals surface area contributed by atoms with Gasteiger partial charge in [-0.05, 0) is 49.2 Å². The summed E-state index contributed by atoms with van der Waals surface area (Å²) in [6, 6.07) is 15.4. The van der Waals surface area contributed by atoms with E-state index in [1.165, 1.54) is 17.0 Å². The Morgan fingerprint density at radius 3 is 2.00 bits per heavy atom. The average Bonchev–Trinajstić information content (AvgIpc) is 2.88. The molecule has 1 atom stereocenters. The van der Waals surface area contributed by atoms with E-state index in [9.17, 15) is 18.0 Å². The molecule has 0 aliphatic heterocycles. The molecule has 0 fully saturated rings. The molecule has 7 nitrogen and oxygen atoms in total. The molecule has 3 aromatic carbocycles. The molecule has 41 heavy (non-hydrogen) atoms. The van der Waals surface area contributed by atoms with Gasteiger partial charge in [-0.3, -0.25) is 13.9 Å². The van der Waals surface area contributed by atoms with Crippen LogP contribution in [0.3, 0.4) is 0 Å². The van der Waals surface area contributed by atoms with Crippen LogP contribution in [0, 0.1) is 0 Å². The van der Waals surface area contributed by atoms with E-state index in [-0.39, 0.29) is 44.8 Å². The van der Waals surface area contributed by atoms with Gasteiger partial charge in [-0.15, -0.1) is 0 Å². The SMILES string of the molecule is CC(C)NC(=O)[C@@H](Cc1ccccc1)N(Cc1ccc(Cl)c(Cl)c1)C(=O)CN(c1cc(Cl)c(Cl)cc1Cl)S(C)(=O)=O. The Labute approximate surface area is 265 Å². The van der Waals surface area contributed by atoms with Gasteiger partial charge in [-0.25, -0.2) is 8.42 Å². The number of nitrogens with one attached hydrogen (secondary N) is 1. The van der Waals surface area contributed by atoms with Crippen LogP contribution in [0.2, 0.25) is 25.1 Å². The zero-order chi connectivity index (χ0) is 30.5. The smallest absolute Gasteiger partial charge is 0.244 e. The third-order valence-electron chi connectivity index (χ3n) is 5.98. The van der Waals surface area contributed by atoms with Gasteiger partial charge in [-0.1, -0.05) is 94.4 Å². The third kappa shape index (κ3) is 9.14.